The summed E-state index contributed by atoms with van der Waals surface area (Å²) in [4.78, 5) is 26.0. The van der Waals surface area contributed by atoms with Gasteiger partial charge in [-0.15, -0.1) is 0 Å². The maximum atomic E-state index is 12.3. The maximum absolute atomic E-state index is 12.3. The van der Waals surface area contributed by atoms with Gasteiger partial charge in [-0.3, -0.25) is 9.59 Å². The third kappa shape index (κ3) is 4.08. The quantitative estimate of drug-likeness (QED) is 0.785. The van der Waals surface area contributed by atoms with Gasteiger partial charge in [-0.1, -0.05) is 0 Å². The van der Waals surface area contributed by atoms with Crippen LogP contribution in [-0.4, -0.2) is 37.2 Å². The molecule has 2 unspecified atom stereocenters. The number of nitrogens with two attached hydrogens (primary N) is 1. The van der Waals surface area contributed by atoms with Crippen LogP contribution in [0.2, 0.25) is 0 Å². The average Bonchev–Trinajstić information content (AvgIpc) is 2.46. The molecule has 2 atom stereocenters. The highest BCUT2D eigenvalue weighted by molar-refractivity contribution is 7.89. The summed E-state index contributed by atoms with van der Waals surface area (Å²) in [7, 11) is -3.78. The second-order valence-corrected chi connectivity index (χ2v) is 7.43. The Kier molecular flexibility index (Phi) is 5.06. The molecule has 2 amide bonds. The number of sulfonamides is 1. The number of rotatable bonds is 2. The molecule has 2 rings (SSSR count). The summed E-state index contributed by atoms with van der Waals surface area (Å²) >= 11 is 0. The molecule has 1 saturated heterocycles. The fourth-order valence-electron chi connectivity index (χ4n) is 2.85. The van der Waals surface area contributed by atoms with Gasteiger partial charge in [-0.2, -0.15) is 0 Å². The van der Waals surface area contributed by atoms with Crippen LogP contribution in [0.5, 0.6) is 0 Å². The predicted molar refractivity (Wildman–Crippen MR) is 86.1 cm³/mol. The highest BCUT2D eigenvalue weighted by Crippen LogP contribution is 2.23. The minimum Gasteiger partial charge on any atom is -0.329 e. The summed E-state index contributed by atoms with van der Waals surface area (Å²) in [6, 6.07) is 5.41. The number of carbonyl (C=O) groups excluding carboxylic acids is 2. The van der Waals surface area contributed by atoms with Crippen molar-refractivity contribution in [3.05, 3.63) is 24.3 Å². The molecular formula is C15H21N3O4S. The van der Waals surface area contributed by atoms with Crippen LogP contribution in [0.1, 0.15) is 33.1 Å². The van der Waals surface area contributed by atoms with Crippen molar-refractivity contribution in [3.63, 3.8) is 0 Å². The molecule has 8 heteroatoms. The molecule has 3 N–H and O–H groups in total. The van der Waals surface area contributed by atoms with Gasteiger partial charge < -0.3 is 10.2 Å². The molecule has 1 aliphatic rings. The molecule has 1 aromatic carbocycles. The summed E-state index contributed by atoms with van der Waals surface area (Å²) < 4.78 is 22.4. The SMILES string of the molecule is CC1CCCC(C)N1C(=O)C(=O)Nc1ccc(S(N)(=O)=O)cc1. The fraction of sp³-hybridized carbons (Fsp3) is 0.467. The van der Waals surface area contributed by atoms with Crippen LogP contribution in [0.25, 0.3) is 0 Å². The standard InChI is InChI=1S/C15H21N3O4S/c1-10-4-3-5-11(2)18(10)15(20)14(19)17-12-6-8-13(9-7-12)23(16,21)22/h6-11H,3-5H2,1-2H3,(H,17,19)(H2,16,21,22). The average molecular weight is 339 g/mol. The highest BCUT2D eigenvalue weighted by Gasteiger charge is 2.32. The van der Waals surface area contributed by atoms with Crippen molar-refractivity contribution < 1.29 is 18.0 Å². The van der Waals surface area contributed by atoms with Gasteiger partial charge in [-0.05, 0) is 57.4 Å². The number of amides is 2. The predicted octanol–water partition coefficient (Wildman–Crippen LogP) is 1.06. The summed E-state index contributed by atoms with van der Waals surface area (Å²) in [5.41, 5.74) is 0.341. The first kappa shape index (κ1) is 17.4. The van der Waals surface area contributed by atoms with Gasteiger partial charge in [0.15, 0.2) is 0 Å². The zero-order valence-corrected chi connectivity index (χ0v) is 14.0. The van der Waals surface area contributed by atoms with Crippen molar-refractivity contribution >= 4 is 27.5 Å². The normalized spacial score (nSPS) is 21.8. The second kappa shape index (κ2) is 6.67. The van der Waals surface area contributed by atoms with Gasteiger partial charge in [0, 0.05) is 17.8 Å². The minimum atomic E-state index is -3.78. The number of hydrogen-bond acceptors (Lipinski definition) is 4. The third-order valence-electron chi connectivity index (χ3n) is 4.06. The third-order valence-corrected chi connectivity index (χ3v) is 4.99. The van der Waals surface area contributed by atoms with Gasteiger partial charge in [0.2, 0.25) is 10.0 Å². The van der Waals surface area contributed by atoms with Gasteiger partial charge in [0.25, 0.3) is 0 Å². The number of piperidine rings is 1. The first-order valence-corrected chi connectivity index (χ1v) is 9.01. The van der Waals surface area contributed by atoms with E-state index in [1.807, 2.05) is 13.8 Å². The van der Waals surface area contributed by atoms with E-state index in [4.69, 9.17) is 5.14 Å². The molecule has 0 radical (unpaired) electrons. The summed E-state index contributed by atoms with van der Waals surface area (Å²) in [6.45, 7) is 3.86. The molecule has 0 aliphatic carbocycles. The lowest BCUT2D eigenvalue weighted by molar-refractivity contribution is -0.147. The first-order chi connectivity index (χ1) is 10.7. The largest absolute Gasteiger partial charge is 0.329 e. The van der Waals surface area contributed by atoms with E-state index >= 15 is 0 Å². The Bertz CT molecular complexity index is 690. The molecule has 7 nitrogen and oxygen atoms in total. The zero-order valence-electron chi connectivity index (χ0n) is 13.2. The van der Waals surface area contributed by atoms with E-state index in [1.54, 1.807) is 4.90 Å². The van der Waals surface area contributed by atoms with Gasteiger partial charge in [0.05, 0.1) is 4.90 Å². The van der Waals surface area contributed by atoms with Crippen molar-refractivity contribution in [2.45, 2.75) is 50.1 Å². The second-order valence-electron chi connectivity index (χ2n) is 5.86. The molecule has 1 aromatic rings. The van der Waals surface area contributed by atoms with E-state index in [1.165, 1.54) is 24.3 Å². The van der Waals surface area contributed by atoms with E-state index in [0.717, 1.165) is 19.3 Å². The molecule has 1 aliphatic heterocycles. The number of benzene rings is 1. The lowest BCUT2D eigenvalue weighted by atomic mass is 9.97. The monoisotopic (exact) mass is 339 g/mol. The Morgan fingerprint density at radius 3 is 2.13 bits per heavy atom. The topological polar surface area (TPSA) is 110 Å². The molecule has 0 saturated carbocycles. The van der Waals surface area contributed by atoms with E-state index < -0.39 is 21.8 Å². The van der Waals surface area contributed by atoms with Crippen molar-refractivity contribution in [2.75, 3.05) is 5.32 Å². The number of likely N-dealkylation sites (tertiary alicyclic amines) is 1. The molecular weight excluding hydrogens is 318 g/mol. The van der Waals surface area contributed by atoms with Crippen molar-refractivity contribution in [3.8, 4) is 0 Å². The lowest BCUT2D eigenvalue weighted by Crippen LogP contribution is -2.51. The summed E-state index contributed by atoms with van der Waals surface area (Å²) in [5, 5.41) is 7.50. The first-order valence-electron chi connectivity index (χ1n) is 7.46. The van der Waals surface area contributed by atoms with Crippen molar-refractivity contribution in [1.82, 2.24) is 4.90 Å². The van der Waals surface area contributed by atoms with Gasteiger partial charge in [0.1, 0.15) is 0 Å². The summed E-state index contributed by atoms with van der Waals surface area (Å²) in [5.74, 6) is -1.30. The van der Waals surface area contributed by atoms with E-state index in [-0.39, 0.29) is 17.0 Å². The number of hydrogen-bond donors (Lipinski definition) is 2. The fourth-order valence-corrected chi connectivity index (χ4v) is 3.37. The number of nitrogens with zero attached hydrogens (tertiary/aromatic N) is 1. The Morgan fingerprint density at radius 2 is 1.65 bits per heavy atom. The molecule has 1 fully saturated rings. The summed E-state index contributed by atoms with van der Waals surface area (Å²) in [6.07, 6.45) is 2.81. The molecule has 1 heterocycles. The molecule has 0 aromatic heterocycles. The lowest BCUT2D eigenvalue weighted by Gasteiger charge is -2.38. The highest BCUT2D eigenvalue weighted by atomic mass is 32.2. The van der Waals surface area contributed by atoms with Crippen LogP contribution in [0.3, 0.4) is 0 Å². The number of nitrogens with one attached hydrogen (secondary N) is 1. The molecule has 0 spiro atoms. The Hall–Kier alpha value is -1.93. The Balaban J connectivity index is 2.08. The van der Waals surface area contributed by atoms with Gasteiger partial charge >= 0.3 is 11.8 Å². The Labute approximate surface area is 135 Å². The van der Waals surface area contributed by atoms with E-state index in [2.05, 4.69) is 5.32 Å². The van der Waals surface area contributed by atoms with Crippen LogP contribution in [0.4, 0.5) is 5.69 Å². The number of carbonyl (C=O) groups is 2. The van der Waals surface area contributed by atoms with Crippen LogP contribution >= 0.6 is 0 Å². The molecule has 23 heavy (non-hydrogen) atoms. The number of primary sulfonamides is 1. The van der Waals surface area contributed by atoms with Crippen LogP contribution in [0, 0.1) is 0 Å². The van der Waals surface area contributed by atoms with Crippen LogP contribution in [0.15, 0.2) is 29.2 Å². The van der Waals surface area contributed by atoms with Crippen molar-refractivity contribution in [1.29, 1.82) is 0 Å². The zero-order chi connectivity index (χ0) is 17.2. The molecule has 0 bridgehead atoms. The van der Waals surface area contributed by atoms with E-state index in [9.17, 15) is 18.0 Å². The minimum absolute atomic E-state index is 0.0294. The molecule has 126 valence electrons. The van der Waals surface area contributed by atoms with Crippen LogP contribution < -0.4 is 10.5 Å². The van der Waals surface area contributed by atoms with Crippen molar-refractivity contribution in [2.24, 2.45) is 5.14 Å². The van der Waals surface area contributed by atoms with Crippen LogP contribution in [-0.2, 0) is 19.6 Å². The Morgan fingerprint density at radius 1 is 1.13 bits per heavy atom. The van der Waals surface area contributed by atoms with E-state index in [0.29, 0.717) is 5.69 Å². The van der Waals surface area contributed by atoms with Gasteiger partial charge in [-0.25, -0.2) is 13.6 Å². The maximum Gasteiger partial charge on any atom is 0.313 e. The smallest absolute Gasteiger partial charge is 0.313 e. The number of anilines is 1.